The monoisotopic (exact) mass is 289 g/mol. The van der Waals surface area contributed by atoms with E-state index in [-0.39, 0.29) is 5.76 Å². The molecular weight excluding hydrogens is 270 g/mol. The number of aryl methyl sites for hydroxylation is 2. The molecule has 2 rings (SSSR count). The molecule has 5 nitrogen and oxygen atoms in total. The second kappa shape index (κ2) is 4.91. The largest absolute Gasteiger partial charge is 0.480 e. The number of carboxylic acids is 1. The van der Waals surface area contributed by atoms with Gasteiger partial charge < -0.3 is 14.4 Å². The summed E-state index contributed by atoms with van der Waals surface area (Å²) in [6.45, 7) is 6.91. The van der Waals surface area contributed by atoms with Crippen LogP contribution in [0.25, 0.3) is 11.0 Å². The number of nitrogens with zero attached hydrogens (tertiary/aromatic N) is 1. The number of carbonyl (C=O) groups is 2. The standard InChI is InChI=1S/C16H19NO4/c1-9-6-11-8-13(21-12(11)7-10(9)2)14(18)17(5)16(3,4)15(19)20/h6-8H,1-5H3,(H,19,20). The van der Waals surface area contributed by atoms with Crippen molar-refractivity contribution in [2.75, 3.05) is 7.05 Å². The predicted molar refractivity (Wildman–Crippen MR) is 79.5 cm³/mol. The number of rotatable bonds is 3. The minimum absolute atomic E-state index is 0.145. The lowest BCUT2D eigenvalue weighted by atomic mass is 10.0. The van der Waals surface area contributed by atoms with Gasteiger partial charge in [0.2, 0.25) is 0 Å². The average Bonchev–Trinajstić information content (AvgIpc) is 2.80. The normalized spacial score (nSPS) is 11.7. The number of furan rings is 1. The lowest BCUT2D eigenvalue weighted by molar-refractivity contribution is -0.147. The fourth-order valence-electron chi connectivity index (χ4n) is 1.97. The minimum atomic E-state index is -1.30. The molecule has 0 unspecified atom stereocenters. The van der Waals surface area contributed by atoms with Gasteiger partial charge in [0.05, 0.1) is 0 Å². The van der Waals surface area contributed by atoms with Crippen LogP contribution in [0.2, 0.25) is 0 Å². The van der Waals surface area contributed by atoms with Crippen LogP contribution in [0.1, 0.15) is 35.5 Å². The number of hydrogen-bond acceptors (Lipinski definition) is 3. The van der Waals surface area contributed by atoms with Crippen LogP contribution in [-0.2, 0) is 4.79 Å². The summed E-state index contributed by atoms with van der Waals surface area (Å²) >= 11 is 0. The smallest absolute Gasteiger partial charge is 0.329 e. The first-order valence-corrected chi connectivity index (χ1v) is 6.67. The molecule has 1 heterocycles. The number of hydrogen-bond donors (Lipinski definition) is 1. The Labute approximate surface area is 123 Å². The number of benzene rings is 1. The van der Waals surface area contributed by atoms with Crippen LogP contribution in [-0.4, -0.2) is 34.5 Å². The first-order chi connectivity index (χ1) is 9.64. The van der Waals surface area contributed by atoms with E-state index in [9.17, 15) is 14.7 Å². The van der Waals surface area contributed by atoms with Gasteiger partial charge in [0.15, 0.2) is 5.76 Å². The van der Waals surface area contributed by atoms with Crippen LogP contribution in [0.3, 0.4) is 0 Å². The highest BCUT2D eigenvalue weighted by molar-refractivity contribution is 5.98. The zero-order valence-corrected chi connectivity index (χ0v) is 12.9. The molecule has 1 N–H and O–H groups in total. The van der Waals surface area contributed by atoms with Gasteiger partial charge in [-0.05, 0) is 57.0 Å². The van der Waals surface area contributed by atoms with E-state index in [1.54, 1.807) is 6.07 Å². The molecule has 112 valence electrons. The second-order valence-corrected chi connectivity index (χ2v) is 5.81. The van der Waals surface area contributed by atoms with Crippen LogP contribution in [0.4, 0.5) is 0 Å². The van der Waals surface area contributed by atoms with Gasteiger partial charge in [-0.15, -0.1) is 0 Å². The molecule has 1 aromatic carbocycles. The van der Waals surface area contributed by atoms with Crippen LogP contribution >= 0.6 is 0 Å². The third kappa shape index (κ3) is 2.51. The number of amides is 1. The Kier molecular flexibility index (Phi) is 3.53. The Morgan fingerprint density at radius 1 is 1.14 bits per heavy atom. The summed E-state index contributed by atoms with van der Waals surface area (Å²) in [5.74, 6) is -1.37. The van der Waals surface area contributed by atoms with Crippen LogP contribution in [0.15, 0.2) is 22.6 Å². The first kappa shape index (κ1) is 15.1. The van der Waals surface area contributed by atoms with Gasteiger partial charge in [-0.1, -0.05) is 0 Å². The molecule has 0 saturated carbocycles. The Morgan fingerprint density at radius 2 is 1.71 bits per heavy atom. The van der Waals surface area contributed by atoms with Crippen LogP contribution < -0.4 is 0 Å². The summed E-state index contributed by atoms with van der Waals surface area (Å²) in [4.78, 5) is 24.8. The molecule has 1 amide bonds. The van der Waals surface area contributed by atoms with Crippen molar-refractivity contribution in [2.24, 2.45) is 0 Å². The van der Waals surface area contributed by atoms with E-state index in [4.69, 9.17) is 4.42 Å². The molecule has 0 spiro atoms. The Bertz CT molecular complexity index is 688. The summed E-state index contributed by atoms with van der Waals surface area (Å²) in [7, 11) is 1.46. The number of fused-ring (bicyclic) bond motifs is 1. The quantitative estimate of drug-likeness (QED) is 0.943. The molecule has 1 aromatic heterocycles. The molecule has 0 atom stereocenters. The van der Waals surface area contributed by atoms with Gasteiger partial charge in [0.1, 0.15) is 11.1 Å². The van der Waals surface area contributed by atoms with E-state index in [0.717, 1.165) is 16.5 Å². The summed E-state index contributed by atoms with van der Waals surface area (Å²) in [5.41, 5.74) is 1.52. The predicted octanol–water partition coefficient (Wildman–Crippen LogP) is 2.98. The highest BCUT2D eigenvalue weighted by Crippen LogP contribution is 2.25. The molecule has 0 fully saturated rings. The molecule has 2 aromatic rings. The summed E-state index contributed by atoms with van der Waals surface area (Å²) in [6, 6.07) is 5.48. The van der Waals surface area contributed by atoms with E-state index in [2.05, 4.69) is 0 Å². The van der Waals surface area contributed by atoms with Crippen molar-refractivity contribution < 1.29 is 19.1 Å². The number of carbonyl (C=O) groups excluding carboxylic acids is 1. The highest BCUT2D eigenvalue weighted by Gasteiger charge is 2.36. The van der Waals surface area contributed by atoms with Crippen molar-refractivity contribution in [3.63, 3.8) is 0 Å². The first-order valence-electron chi connectivity index (χ1n) is 6.67. The Hall–Kier alpha value is -2.30. The number of likely N-dealkylation sites (N-methyl/N-ethyl adjacent to an activating group) is 1. The maximum Gasteiger partial charge on any atom is 0.329 e. The molecule has 0 radical (unpaired) electrons. The molecule has 0 aliphatic heterocycles. The molecule has 0 aliphatic carbocycles. The SMILES string of the molecule is Cc1cc2cc(C(=O)N(C)C(C)(C)C(=O)O)oc2cc1C. The van der Waals surface area contributed by atoms with Crippen molar-refractivity contribution in [3.8, 4) is 0 Å². The van der Waals surface area contributed by atoms with Gasteiger partial charge >= 0.3 is 5.97 Å². The lowest BCUT2D eigenvalue weighted by Gasteiger charge is -2.30. The molecular formula is C16H19NO4. The fourth-order valence-corrected chi connectivity index (χ4v) is 1.97. The third-order valence-corrected chi connectivity index (χ3v) is 4.01. The maximum atomic E-state index is 12.4. The van der Waals surface area contributed by atoms with Crippen LogP contribution in [0, 0.1) is 13.8 Å². The zero-order valence-electron chi connectivity index (χ0n) is 12.9. The van der Waals surface area contributed by atoms with Gasteiger partial charge in [-0.25, -0.2) is 4.79 Å². The lowest BCUT2D eigenvalue weighted by Crippen LogP contribution is -2.50. The Balaban J connectivity index is 2.42. The molecule has 0 aliphatic rings. The zero-order chi connectivity index (χ0) is 15.9. The van der Waals surface area contributed by atoms with E-state index < -0.39 is 17.4 Å². The third-order valence-electron chi connectivity index (χ3n) is 4.01. The van der Waals surface area contributed by atoms with Crippen molar-refractivity contribution >= 4 is 22.8 Å². The van der Waals surface area contributed by atoms with Crippen LogP contribution in [0.5, 0.6) is 0 Å². The second-order valence-electron chi connectivity index (χ2n) is 5.81. The van der Waals surface area contributed by atoms with Crippen molar-refractivity contribution in [1.82, 2.24) is 4.90 Å². The number of carboxylic acid groups (broad SMARTS) is 1. The summed E-state index contributed by atoms with van der Waals surface area (Å²) in [6.07, 6.45) is 0. The molecule has 5 heteroatoms. The van der Waals surface area contributed by atoms with Gasteiger partial charge in [0.25, 0.3) is 5.91 Å². The maximum absolute atomic E-state index is 12.4. The minimum Gasteiger partial charge on any atom is -0.480 e. The van der Waals surface area contributed by atoms with Crippen molar-refractivity contribution in [2.45, 2.75) is 33.2 Å². The highest BCUT2D eigenvalue weighted by atomic mass is 16.4. The fraction of sp³-hybridized carbons (Fsp3) is 0.375. The molecule has 0 saturated heterocycles. The van der Waals surface area contributed by atoms with Gasteiger partial charge in [0, 0.05) is 12.4 Å². The van der Waals surface area contributed by atoms with Crippen molar-refractivity contribution in [1.29, 1.82) is 0 Å². The summed E-state index contributed by atoms with van der Waals surface area (Å²) in [5, 5.41) is 10.0. The Morgan fingerprint density at radius 3 is 2.29 bits per heavy atom. The topological polar surface area (TPSA) is 70.8 Å². The van der Waals surface area contributed by atoms with Crippen molar-refractivity contribution in [3.05, 3.63) is 35.1 Å². The number of aliphatic carboxylic acids is 1. The summed E-state index contributed by atoms with van der Waals surface area (Å²) < 4.78 is 5.58. The molecule has 0 bridgehead atoms. The molecule has 21 heavy (non-hydrogen) atoms. The van der Waals surface area contributed by atoms with E-state index in [0.29, 0.717) is 5.58 Å². The van der Waals surface area contributed by atoms with Gasteiger partial charge in [-0.2, -0.15) is 0 Å². The van der Waals surface area contributed by atoms with E-state index >= 15 is 0 Å². The van der Waals surface area contributed by atoms with E-state index in [1.165, 1.54) is 25.8 Å². The average molecular weight is 289 g/mol. The van der Waals surface area contributed by atoms with E-state index in [1.807, 2.05) is 26.0 Å². The van der Waals surface area contributed by atoms with Gasteiger partial charge in [-0.3, -0.25) is 4.79 Å².